The van der Waals surface area contributed by atoms with Gasteiger partial charge in [-0.05, 0) is 43.0 Å². The van der Waals surface area contributed by atoms with E-state index in [2.05, 4.69) is 45.0 Å². The van der Waals surface area contributed by atoms with Gasteiger partial charge in [0.15, 0.2) is 0 Å². The SMILES string of the molecule is CC(Nc1cccc(-c2nn[nH]n2)c1)C1CC1. The number of rotatable bonds is 4. The predicted octanol–water partition coefficient (Wildman–Crippen LogP) is 2.08. The lowest BCUT2D eigenvalue weighted by Crippen LogP contribution is -2.17. The van der Waals surface area contributed by atoms with E-state index in [1.54, 1.807) is 0 Å². The van der Waals surface area contributed by atoms with Crippen molar-refractivity contribution in [2.24, 2.45) is 5.92 Å². The fourth-order valence-corrected chi connectivity index (χ4v) is 2.01. The van der Waals surface area contributed by atoms with Gasteiger partial charge in [-0.15, -0.1) is 10.2 Å². The van der Waals surface area contributed by atoms with Crippen molar-refractivity contribution < 1.29 is 0 Å². The van der Waals surface area contributed by atoms with Gasteiger partial charge in [0.1, 0.15) is 0 Å². The quantitative estimate of drug-likeness (QED) is 0.842. The number of nitrogens with one attached hydrogen (secondary N) is 2. The first-order valence-electron chi connectivity index (χ1n) is 5.93. The molecule has 1 aliphatic rings. The summed E-state index contributed by atoms with van der Waals surface area (Å²) in [5, 5.41) is 17.5. The van der Waals surface area contributed by atoms with E-state index in [9.17, 15) is 0 Å². The van der Waals surface area contributed by atoms with Crippen molar-refractivity contribution in [2.45, 2.75) is 25.8 Å². The second-order valence-electron chi connectivity index (χ2n) is 4.59. The van der Waals surface area contributed by atoms with E-state index in [-0.39, 0.29) is 0 Å². The first-order chi connectivity index (χ1) is 8.33. The molecular formula is C12H15N5. The molecule has 1 aliphatic carbocycles. The number of aromatic amines is 1. The molecule has 2 N–H and O–H groups in total. The Morgan fingerprint density at radius 2 is 2.29 bits per heavy atom. The number of nitrogens with zero attached hydrogens (tertiary/aromatic N) is 3. The Kier molecular flexibility index (Phi) is 2.51. The number of hydrogen-bond donors (Lipinski definition) is 2. The Bertz CT molecular complexity index is 489. The van der Waals surface area contributed by atoms with Crippen LogP contribution in [0.5, 0.6) is 0 Å². The first kappa shape index (κ1) is 10.3. The summed E-state index contributed by atoms with van der Waals surface area (Å²) in [6.45, 7) is 2.23. The zero-order valence-corrected chi connectivity index (χ0v) is 9.72. The fraction of sp³-hybridized carbons (Fsp3) is 0.417. The third kappa shape index (κ3) is 2.27. The Balaban J connectivity index is 1.79. The van der Waals surface area contributed by atoms with Gasteiger partial charge in [0.25, 0.3) is 0 Å². The molecule has 1 aromatic carbocycles. The molecule has 1 heterocycles. The van der Waals surface area contributed by atoms with Crippen LogP contribution in [0.15, 0.2) is 24.3 Å². The average Bonchev–Trinajstić information content (AvgIpc) is 3.05. The maximum Gasteiger partial charge on any atom is 0.204 e. The van der Waals surface area contributed by atoms with Crippen LogP contribution in [0.1, 0.15) is 19.8 Å². The smallest absolute Gasteiger partial charge is 0.204 e. The maximum atomic E-state index is 3.98. The zero-order chi connectivity index (χ0) is 11.7. The lowest BCUT2D eigenvalue weighted by molar-refractivity contribution is 0.694. The second kappa shape index (κ2) is 4.16. The Hall–Kier alpha value is -1.91. The monoisotopic (exact) mass is 229 g/mol. The van der Waals surface area contributed by atoms with Gasteiger partial charge in [0, 0.05) is 17.3 Å². The summed E-state index contributed by atoms with van der Waals surface area (Å²) in [6.07, 6.45) is 2.69. The molecule has 1 fully saturated rings. The van der Waals surface area contributed by atoms with Crippen LogP contribution in [0.2, 0.25) is 0 Å². The van der Waals surface area contributed by atoms with E-state index in [0.717, 1.165) is 17.2 Å². The summed E-state index contributed by atoms with van der Waals surface area (Å²) in [5.41, 5.74) is 2.10. The molecule has 0 saturated heterocycles. The van der Waals surface area contributed by atoms with Crippen LogP contribution in [-0.2, 0) is 0 Å². The van der Waals surface area contributed by atoms with Crippen molar-refractivity contribution in [1.29, 1.82) is 0 Å². The number of tetrazole rings is 1. The number of benzene rings is 1. The summed E-state index contributed by atoms with van der Waals surface area (Å²) < 4.78 is 0. The molecule has 0 bridgehead atoms. The molecule has 17 heavy (non-hydrogen) atoms. The van der Waals surface area contributed by atoms with E-state index >= 15 is 0 Å². The molecule has 0 spiro atoms. The molecule has 5 heteroatoms. The number of hydrogen-bond acceptors (Lipinski definition) is 4. The molecule has 88 valence electrons. The van der Waals surface area contributed by atoms with Crippen molar-refractivity contribution >= 4 is 5.69 Å². The highest BCUT2D eigenvalue weighted by Gasteiger charge is 2.27. The van der Waals surface area contributed by atoms with Gasteiger partial charge in [-0.3, -0.25) is 0 Å². The predicted molar refractivity (Wildman–Crippen MR) is 65.4 cm³/mol. The molecule has 1 unspecified atom stereocenters. The summed E-state index contributed by atoms with van der Waals surface area (Å²) in [7, 11) is 0. The number of anilines is 1. The molecule has 1 saturated carbocycles. The topological polar surface area (TPSA) is 66.5 Å². The highest BCUT2D eigenvalue weighted by Crippen LogP contribution is 2.34. The van der Waals surface area contributed by atoms with Gasteiger partial charge >= 0.3 is 0 Å². The van der Waals surface area contributed by atoms with Crippen LogP contribution in [0.3, 0.4) is 0 Å². The van der Waals surface area contributed by atoms with Crippen LogP contribution in [0.25, 0.3) is 11.4 Å². The molecule has 3 rings (SSSR count). The van der Waals surface area contributed by atoms with Gasteiger partial charge in [0.05, 0.1) is 0 Å². The fourth-order valence-electron chi connectivity index (χ4n) is 2.01. The van der Waals surface area contributed by atoms with E-state index in [1.807, 2.05) is 12.1 Å². The van der Waals surface area contributed by atoms with E-state index in [1.165, 1.54) is 12.8 Å². The van der Waals surface area contributed by atoms with Crippen LogP contribution in [-0.4, -0.2) is 26.7 Å². The third-order valence-electron chi connectivity index (χ3n) is 3.19. The lowest BCUT2D eigenvalue weighted by atomic mass is 10.1. The standard InChI is InChI=1S/C12H15N5/c1-8(9-5-6-9)13-11-4-2-3-10(7-11)12-14-16-17-15-12/h2-4,7-9,13H,5-6H2,1H3,(H,14,15,16,17). The van der Waals surface area contributed by atoms with Gasteiger partial charge < -0.3 is 5.32 Å². The minimum atomic E-state index is 0.538. The Morgan fingerprint density at radius 1 is 1.41 bits per heavy atom. The lowest BCUT2D eigenvalue weighted by Gasteiger charge is -2.14. The van der Waals surface area contributed by atoms with Gasteiger partial charge in [-0.1, -0.05) is 12.1 Å². The van der Waals surface area contributed by atoms with Crippen LogP contribution in [0, 0.1) is 5.92 Å². The summed E-state index contributed by atoms with van der Waals surface area (Å²) >= 11 is 0. The van der Waals surface area contributed by atoms with Crippen LogP contribution < -0.4 is 5.32 Å². The Labute approximate surface area is 99.6 Å². The van der Waals surface area contributed by atoms with Gasteiger partial charge in [-0.25, -0.2) is 0 Å². The van der Waals surface area contributed by atoms with Crippen molar-refractivity contribution in [1.82, 2.24) is 20.6 Å². The molecule has 0 amide bonds. The van der Waals surface area contributed by atoms with Gasteiger partial charge in [0.2, 0.25) is 5.82 Å². The Morgan fingerprint density at radius 3 is 3.00 bits per heavy atom. The van der Waals surface area contributed by atoms with Crippen molar-refractivity contribution in [3.05, 3.63) is 24.3 Å². The second-order valence-corrected chi connectivity index (χ2v) is 4.59. The minimum absolute atomic E-state index is 0.538. The van der Waals surface area contributed by atoms with E-state index in [0.29, 0.717) is 11.9 Å². The average molecular weight is 229 g/mol. The first-order valence-corrected chi connectivity index (χ1v) is 5.93. The molecule has 1 aromatic heterocycles. The zero-order valence-electron chi connectivity index (χ0n) is 9.72. The van der Waals surface area contributed by atoms with Crippen molar-refractivity contribution in [2.75, 3.05) is 5.32 Å². The molecular weight excluding hydrogens is 214 g/mol. The van der Waals surface area contributed by atoms with Crippen molar-refractivity contribution in [3.8, 4) is 11.4 Å². The maximum absolute atomic E-state index is 3.98. The number of H-pyrrole nitrogens is 1. The molecule has 5 nitrogen and oxygen atoms in total. The highest BCUT2D eigenvalue weighted by molar-refractivity contribution is 5.61. The third-order valence-corrected chi connectivity index (χ3v) is 3.19. The van der Waals surface area contributed by atoms with Crippen LogP contribution >= 0.6 is 0 Å². The van der Waals surface area contributed by atoms with Gasteiger partial charge in [-0.2, -0.15) is 5.21 Å². The molecule has 0 radical (unpaired) electrons. The molecule has 0 aliphatic heterocycles. The van der Waals surface area contributed by atoms with E-state index < -0.39 is 0 Å². The molecule has 2 aromatic rings. The summed E-state index contributed by atoms with van der Waals surface area (Å²) in [6, 6.07) is 8.66. The summed E-state index contributed by atoms with van der Waals surface area (Å²) in [5.74, 6) is 1.47. The molecule has 1 atom stereocenters. The highest BCUT2D eigenvalue weighted by atomic mass is 15.5. The van der Waals surface area contributed by atoms with E-state index in [4.69, 9.17) is 0 Å². The number of aromatic nitrogens is 4. The van der Waals surface area contributed by atoms with Crippen molar-refractivity contribution in [3.63, 3.8) is 0 Å². The van der Waals surface area contributed by atoms with Crippen LogP contribution in [0.4, 0.5) is 5.69 Å². The minimum Gasteiger partial charge on any atom is -0.382 e. The normalized spacial score (nSPS) is 16.8. The largest absolute Gasteiger partial charge is 0.382 e. The summed E-state index contributed by atoms with van der Waals surface area (Å²) in [4.78, 5) is 0.